The fourth-order valence-corrected chi connectivity index (χ4v) is 4.06. The Kier molecular flexibility index (Phi) is 5.41. The van der Waals surface area contributed by atoms with Crippen molar-refractivity contribution in [3.63, 3.8) is 0 Å². The van der Waals surface area contributed by atoms with E-state index < -0.39 is 11.6 Å². The molecule has 4 aromatic rings. The molecule has 3 N–H and O–H groups in total. The molecule has 1 aliphatic heterocycles. The number of nitrogens with zero attached hydrogens (tertiary/aromatic N) is 1. The molecule has 0 aliphatic carbocycles. The number of hydrogen-bond acceptors (Lipinski definition) is 3. The normalized spacial score (nSPS) is 13.9. The number of anilines is 1. The first-order chi connectivity index (χ1) is 15.6. The summed E-state index contributed by atoms with van der Waals surface area (Å²) in [6.45, 7) is 1.95. The molecule has 0 amide bonds. The van der Waals surface area contributed by atoms with Gasteiger partial charge in [-0.3, -0.25) is 0 Å². The van der Waals surface area contributed by atoms with Crippen molar-refractivity contribution in [1.82, 2.24) is 15.3 Å². The zero-order chi connectivity index (χ0) is 22.1. The average Bonchev–Trinajstić information content (AvgIpc) is 3.23. The van der Waals surface area contributed by atoms with Gasteiger partial charge < -0.3 is 15.6 Å². The number of fused-ring (bicyclic) bond motifs is 1. The fraction of sp³-hybridized carbons (Fsp3) is 0.160. The van der Waals surface area contributed by atoms with Crippen LogP contribution in [-0.2, 0) is 6.54 Å². The van der Waals surface area contributed by atoms with Gasteiger partial charge in [0.2, 0.25) is 0 Å². The number of rotatable bonds is 5. The summed E-state index contributed by atoms with van der Waals surface area (Å²) in [6, 6.07) is 11.9. The first kappa shape index (κ1) is 20.3. The van der Waals surface area contributed by atoms with E-state index in [4.69, 9.17) is 0 Å². The molecule has 162 valence electrons. The largest absolute Gasteiger partial charge is 0.381 e. The molecule has 0 unspecified atom stereocenters. The molecule has 0 saturated carbocycles. The molecule has 4 nitrogen and oxygen atoms in total. The van der Waals surface area contributed by atoms with Crippen molar-refractivity contribution in [2.75, 3.05) is 18.4 Å². The summed E-state index contributed by atoms with van der Waals surface area (Å²) in [5, 5.41) is 7.25. The van der Waals surface area contributed by atoms with Crippen molar-refractivity contribution < 1.29 is 13.2 Å². The zero-order valence-electron chi connectivity index (χ0n) is 17.2. The lowest BCUT2D eigenvalue weighted by molar-refractivity contribution is 0.580. The van der Waals surface area contributed by atoms with Gasteiger partial charge >= 0.3 is 0 Å². The molecule has 0 atom stereocenters. The lowest BCUT2D eigenvalue weighted by Crippen LogP contribution is -2.20. The van der Waals surface area contributed by atoms with Crippen LogP contribution in [0.1, 0.15) is 17.7 Å². The summed E-state index contributed by atoms with van der Waals surface area (Å²) < 4.78 is 41.7. The van der Waals surface area contributed by atoms with Gasteiger partial charge in [-0.1, -0.05) is 6.08 Å². The molecule has 0 saturated heterocycles. The summed E-state index contributed by atoms with van der Waals surface area (Å²) in [5.41, 5.74) is 5.17. The van der Waals surface area contributed by atoms with Crippen molar-refractivity contribution in [1.29, 1.82) is 0 Å². The number of aromatic nitrogens is 2. The Morgan fingerprint density at radius 2 is 1.78 bits per heavy atom. The Bertz CT molecular complexity index is 1310. The van der Waals surface area contributed by atoms with E-state index in [1.165, 1.54) is 23.8 Å². The first-order valence-corrected chi connectivity index (χ1v) is 10.4. The summed E-state index contributed by atoms with van der Waals surface area (Å²) in [5.74, 6) is -1.62. The van der Waals surface area contributed by atoms with Gasteiger partial charge in [0.05, 0.1) is 0 Å². The van der Waals surface area contributed by atoms with Crippen LogP contribution in [0.25, 0.3) is 27.7 Å². The maximum atomic E-state index is 14.8. The van der Waals surface area contributed by atoms with Gasteiger partial charge in [-0.25, -0.2) is 18.2 Å². The molecule has 1 aliphatic rings. The van der Waals surface area contributed by atoms with Crippen molar-refractivity contribution in [2.45, 2.75) is 13.0 Å². The minimum Gasteiger partial charge on any atom is -0.381 e. The van der Waals surface area contributed by atoms with Gasteiger partial charge in [-0.15, -0.1) is 0 Å². The highest BCUT2D eigenvalue weighted by atomic mass is 19.1. The summed E-state index contributed by atoms with van der Waals surface area (Å²) in [6.07, 6.45) is 4.72. The van der Waals surface area contributed by atoms with Gasteiger partial charge in [0, 0.05) is 47.7 Å². The highest BCUT2D eigenvalue weighted by Gasteiger charge is 2.15. The number of aromatic amines is 1. The average molecular weight is 434 g/mol. The van der Waals surface area contributed by atoms with Crippen LogP contribution in [0.15, 0.2) is 60.8 Å². The van der Waals surface area contributed by atoms with Gasteiger partial charge in [0.15, 0.2) is 0 Å². The van der Waals surface area contributed by atoms with Gasteiger partial charge in [-0.2, -0.15) is 0 Å². The maximum Gasteiger partial charge on any atom is 0.138 e. The van der Waals surface area contributed by atoms with E-state index in [-0.39, 0.29) is 12.4 Å². The summed E-state index contributed by atoms with van der Waals surface area (Å²) in [4.78, 5) is 7.77. The lowest BCUT2D eigenvalue weighted by Gasteiger charge is -2.12. The second-order valence-electron chi connectivity index (χ2n) is 7.81. The highest BCUT2D eigenvalue weighted by molar-refractivity contribution is 5.96. The molecule has 3 heterocycles. The standard InChI is InChI=1S/C25H21F3N4/c26-17-9-15(10-18(27)11-17)14-31-19-1-2-23(28)21(12-19)20-5-8-30-25-22(20)13-24(32-25)16-3-6-29-7-4-16/h1-3,5,8-13,29,31H,4,6-7,14H2,(H,30,32). The van der Waals surface area contributed by atoms with Gasteiger partial charge in [-0.05, 0) is 72.1 Å². The molecule has 5 rings (SSSR count). The van der Waals surface area contributed by atoms with Crippen molar-refractivity contribution in [3.05, 3.63) is 89.5 Å². The first-order valence-electron chi connectivity index (χ1n) is 10.4. The zero-order valence-corrected chi connectivity index (χ0v) is 17.2. The minimum atomic E-state index is -0.632. The Hall–Kier alpha value is -3.58. The van der Waals surface area contributed by atoms with E-state index in [2.05, 4.69) is 26.7 Å². The van der Waals surface area contributed by atoms with E-state index in [9.17, 15) is 13.2 Å². The smallest absolute Gasteiger partial charge is 0.138 e. The van der Waals surface area contributed by atoms with E-state index in [1.54, 1.807) is 24.4 Å². The van der Waals surface area contributed by atoms with Gasteiger partial charge in [0.1, 0.15) is 23.1 Å². The topological polar surface area (TPSA) is 52.7 Å². The molecule has 0 fully saturated rings. The molecular formula is C25H21F3N4. The molecule has 7 heteroatoms. The van der Waals surface area contributed by atoms with E-state index in [1.807, 2.05) is 6.07 Å². The van der Waals surface area contributed by atoms with Crippen LogP contribution in [0.3, 0.4) is 0 Å². The van der Waals surface area contributed by atoms with E-state index in [0.717, 1.165) is 42.2 Å². The number of benzene rings is 2. The van der Waals surface area contributed by atoms with Crippen LogP contribution in [0, 0.1) is 17.5 Å². The van der Waals surface area contributed by atoms with E-state index >= 15 is 0 Å². The highest BCUT2D eigenvalue weighted by Crippen LogP contribution is 2.33. The predicted molar refractivity (Wildman–Crippen MR) is 121 cm³/mol. The molecule has 0 bridgehead atoms. The van der Waals surface area contributed by atoms with Crippen LogP contribution in [-0.4, -0.2) is 23.1 Å². The van der Waals surface area contributed by atoms with Crippen molar-refractivity contribution in [3.8, 4) is 11.1 Å². The Morgan fingerprint density at radius 3 is 2.56 bits per heavy atom. The molecular weight excluding hydrogens is 413 g/mol. The molecule has 0 radical (unpaired) electrons. The van der Waals surface area contributed by atoms with Crippen LogP contribution in [0.2, 0.25) is 0 Å². The second-order valence-corrected chi connectivity index (χ2v) is 7.81. The number of hydrogen-bond donors (Lipinski definition) is 3. The van der Waals surface area contributed by atoms with Gasteiger partial charge in [0.25, 0.3) is 0 Å². The van der Waals surface area contributed by atoms with Crippen LogP contribution < -0.4 is 10.6 Å². The fourth-order valence-electron chi connectivity index (χ4n) is 4.06. The number of nitrogens with one attached hydrogen (secondary N) is 3. The van der Waals surface area contributed by atoms with Crippen molar-refractivity contribution in [2.24, 2.45) is 0 Å². The maximum absolute atomic E-state index is 14.8. The SMILES string of the molecule is Fc1cc(F)cc(CNc2ccc(F)c(-c3ccnc4[nH]c(C5=CCNCC5)cc34)c2)c1. The molecule has 2 aromatic carbocycles. The third-order valence-electron chi connectivity index (χ3n) is 5.62. The predicted octanol–water partition coefficient (Wildman–Crippen LogP) is 5.64. The third kappa shape index (κ3) is 4.11. The summed E-state index contributed by atoms with van der Waals surface area (Å²) >= 11 is 0. The summed E-state index contributed by atoms with van der Waals surface area (Å²) in [7, 11) is 0. The second kappa shape index (κ2) is 8.51. The minimum absolute atomic E-state index is 0.210. The van der Waals surface area contributed by atoms with Crippen LogP contribution >= 0.6 is 0 Å². The number of pyridine rings is 1. The Balaban J connectivity index is 1.47. The Labute approximate surface area is 183 Å². The van der Waals surface area contributed by atoms with E-state index in [0.29, 0.717) is 22.5 Å². The van der Waals surface area contributed by atoms with Crippen LogP contribution in [0.4, 0.5) is 18.9 Å². The molecule has 32 heavy (non-hydrogen) atoms. The lowest BCUT2D eigenvalue weighted by atomic mass is 10.0. The molecule has 2 aromatic heterocycles. The number of halogens is 3. The van der Waals surface area contributed by atoms with Crippen LogP contribution in [0.5, 0.6) is 0 Å². The van der Waals surface area contributed by atoms with Crippen molar-refractivity contribution >= 4 is 22.3 Å². The Morgan fingerprint density at radius 1 is 0.938 bits per heavy atom. The molecule has 0 spiro atoms. The monoisotopic (exact) mass is 434 g/mol. The quantitative estimate of drug-likeness (QED) is 0.381. The third-order valence-corrected chi connectivity index (χ3v) is 5.62. The number of H-pyrrole nitrogens is 1.